The molecule has 104 valence electrons. The average Bonchev–Trinajstić information content (AvgIpc) is 2.47. The Balaban J connectivity index is 2.02. The van der Waals surface area contributed by atoms with E-state index < -0.39 is 0 Å². The first kappa shape index (κ1) is 13.2. The van der Waals surface area contributed by atoms with Crippen molar-refractivity contribution in [2.75, 3.05) is 6.54 Å². The predicted octanol–water partition coefficient (Wildman–Crippen LogP) is 3.71. The predicted molar refractivity (Wildman–Crippen MR) is 82.2 cm³/mol. The summed E-state index contributed by atoms with van der Waals surface area (Å²) in [6.45, 7) is 5.15. The van der Waals surface area contributed by atoms with Crippen molar-refractivity contribution in [1.29, 1.82) is 0 Å². The van der Waals surface area contributed by atoms with Crippen LogP contribution in [-0.4, -0.2) is 12.6 Å². The highest BCUT2D eigenvalue weighted by Crippen LogP contribution is 2.34. The highest BCUT2D eigenvalue weighted by molar-refractivity contribution is 5.45. The second-order valence-electron chi connectivity index (χ2n) is 5.54. The minimum atomic E-state index is 0.190. The van der Waals surface area contributed by atoms with Gasteiger partial charge in [0.15, 0.2) is 0 Å². The van der Waals surface area contributed by atoms with Gasteiger partial charge in [-0.15, -0.1) is 0 Å². The van der Waals surface area contributed by atoms with Crippen LogP contribution in [0.4, 0.5) is 0 Å². The normalized spacial score (nSPS) is 17.9. The van der Waals surface area contributed by atoms with Crippen molar-refractivity contribution in [3.8, 4) is 5.75 Å². The van der Waals surface area contributed by atoms with Crippen molar-refractivity contribution in [2.24, 2.45) is 0 Å². The summed E-state index contributed by atoms with van der Waals surface area (Å²) in [5.74, 6) is 0.983. The topological polar surface area (TPSA) is 21.3 Å². The van der Waals surface area contributed by atoms with E-state index >= 15 is 0 Å². The quantitative estimate of drug-likeness (QED) is 0.915. The van der Waals surface area contributed by atoms with E-state index in [9.17, 15) is 0 Å². The van der Waals surface area contributed by atoms with E-state index in [2.05, 4.69) is 61.6 Å². The Morgan fingerprint density at radius 3 is 2.50 bits per heavy atom. The first-order valence-electron chi connectivity index (χ1n) is 7.32. The molecule has 0 bridgehead atoms. The molecule has 1 unspecified atom stereocenters. The van der Waals surface area contributed by atoms with E-state index in [0.717, 1.165) is 18.7 Å². The lowest BCUT2D eigenvalue weighted by Crippen LogP contribution is -2.31. The van der Waals surface area contributed by atoms with Crippen molar-refractivity contribution in [3.63, 3.8) is 0 Å². The molecule has 2 heteroatoms. The summed E-state index contributed by atoms with van der Waals surface area (Å²) in [5, 5.41) is 3.63. The number of rotatable bonds is 3. The Kier molecular flexibility index (Phi) is 3.75. The van der Waals surface area contributed by atoms with Gasteiger partial charge in [0.2, 0.25) is 0 Å². The fourth-order valence-electron chi connectivity index (χ4n) is 2.86. The molecule has 1 N–H and O–H groups in total. The number of ether oxygens (including phenoxy) is 1. The minimum absolute atomic E-state index is 0.190. The first-order valence-corrected chi connectivity index (χ1v) is 7.32. The molecule has 0 radical (unpaired) electrons. The van der Waals surface area contributed by atoms with Gasteiger partial charge in [-0.1, -0.05) is 42.5 Å². The second kappa shape index (κ2) is 5.68. The van der Waals surface area contributed by atoms with E-state index in [1.54, 1.807) is 0 Å². The average molecular weight is 267 g/mol. The Labute approximate surface area is 120 Å². The van der Waals surface area contributed by atoms with Gasteiger partial charge in [-0.05, 0) is 37.5 Å². The summed E-state index contributed by atoms with van der Waals surface area (Å²) in [4.78, 5) is 0. The van der Waals surface area contributed by atoms with Crippen LogP contribution in [0.2, 0.25) is 0 Å². The van der Waals surface area contributed by atoms with Gasteiger partial charge in [-0.3, -0.25) is 0 Å². The molecule has 1 aliphatic rings. The smallest absolute Gasteiger partial charge is 0.124 e. The Morgan fingerprint density at radius 1 is 1.00 bits per heavy atom. The standard InChI is InChI=1S/C18H21NO/c1-13(2)20-17-10-6-5-9-16(17)18-15-8-4-3-7-14(15)11-12-19-18/h3-10,13,18-19H,11-12H2,1-2H3. The van der Waals surface area contributed by atoms with Crippen molar-refractivity contribution in [3.05, 3.63) is 65.2 Å². The summed E-state index contributed by atoms with van der Waals surface area (Å²) in [6.07, 6.45) is 1.29. The van der Waals surface area contributed by atoms with Crippen molar-refractivity contribution in [1.82, 2.24) is 5.32 Å². The van der Waals surface area contributed by atoms with Crippen LogP contribution < -0.4 is 10.1 Å². The van der Waals surface area contributed by atoms with Gasteiger partial charge in [-0.2, -0.15) is 0 Å². The third-order valence-corrected chi connectivity index (χ3v) is 3.70. The Bertz CT molecular complexity index is 591. The number of nitrogens with one attached hydrogen (secondary N) is 1. The molecule has 0 saturated carbocycles. The van der Waals surface area contributed by atoms with Crippen LogP contribution in [0, 0.1) is 0 Å². The molecular weight excluding hydrogens is 246 g/mol. The van der Waals surface area contributed by atoms with Gasteiger partial charge in [0.1, 0.15) is 5.75 Å². The number of hydrogen-bond acceptors (Lipinski definition) is 2. The van der Waals surface area contributed by atoms with Crippen LogP contribution in [0.5, 0.6) is 5.75 Å². The first-order chi connectivity index (χ1) is 9.75. The van der Waals surface area contributed by atoms with Crippen LogP contribution >= 0.6 is 0 Å². The van der Waals surface area contributed by atoms with Gasteiger partial charge >= 0.3 is 0 Å². The molecule has 0 saturated heterocycles. The molecule has 0 aliphatic carbocycles. The van der Waals surface area contributed by atoms with Gasteiger partial charge in [0.25, 0.3) is 0 Å². The van der Waals surface area contributed by atoms with Crippen LogP contribution in [0.3, 0.4) is 0 Å². The summed E-state index contributed by atoms with van der Waals surface area (Å²) < 4.78 is 5.97. The number of fused-ring (bicyclic) bond motifs is 1. The number of para-hydroxylation sites is 1. The fourth-order valence-corrected chi connectivity index (χ4v) is 2.86. The van der Waals surface area contributed by atoms with Crippen LogP contribution in [0.25, 0.3) is 0 Å². The molecule has 2 aromatic rings. The fraction of sp³-hybridized carbons (Fsp3) is 0.333. The molecule has 0 amide bonds. The molecule has 20 heavy (non-hydrogen) atoms. The molecule has 1 aliphatic heterocycles. The molecule has 1 heterocycles. The highest BCUT2D eigenvalue weighted by atomic mass is 16.5. The Morgan fingerprint density at radius 2 is 1.70 bits per heavy atom. The summed E-state index contributed by atoms with van der Waals surface area (Å²) in [6, 6.07) is 17.3. The molecule has 0 aromatic heterocycles. The molecule has 3 rings (SSSR count). The van der Waals surface area contributed by atoms with Crippen LogP contribution in [0.15, 0.2) is 48.5 Å². The molecule has 0 spiro atoms. The van der Waals surface area contributed by atoms with E-state index in [-0.39, 0.29) is 12.1 Å². The summed E-state index contributed by atoms with van der Waals surface area (Å²) in [5.41, 5.74) is 4.04. The van der Waals surface area contributed by atoms with Gasteiger partial charge in [-0.25, -0.2) is 0 Å². The zero-order valence-corrected chi connectivity index (χ0v) is 12.1. The third-order valence-electron chi connectivity index (χ3n) is 3.70. The summed E-state index contributed by atoms with van der Waals surface area (Å²) >= 11 is 0. The lowest BCUT2D eigenvalue weighted by molar-refractivity contribution is 0.238. The zero-order chi connectivity index (χ0) is 13.9. The lowest BCUT2D eigenvalue weighted by Gasteiger charge is -2.29. The largest absolute Gasteiger partial charge is 0.491 e. The van der Waals surface area contributed by atoms with Crippen molar-refractivity contribution < 1.29 is 4.74 Å². The van der Waals surface area contributed by atoms with E-state index in [4.69, 9.17) is 4.74 Å². The van der Waals surface area contributed by atoms with Gasteiger partial charge in [0.05, 0.1) is 12.1 Å². The molecule has 2 nitrogen and oxygen atoms in total. The van der Waals surface area contributed by atoms with Crippen molar-refractivity contribution in [2.45, 2.75) is 32.4 Å². The van der Waals surface area contributed by atoms with E-state index in [0.29, 0.717) is 0 Å². The van der Waals surface area contributed by atoms with E-state index in [1.807, 2.05) is 6.07 Å². The van der Waals surface area contributed by atoms with Crippen LogP contribution in [-0.2, 0) is 6.42 Å². The van der Waals surface area contributed by atoms with Gasteiger partial charge < -0.3 is 10.1 Å². The lowest BCUT2D eigenvalue weighted by atomic mass is 9.89. The van der Waals surface area contributed by atoms with Gasteiger partial charge in [0, 0.05) is 12.1 Å². The molecule has 0 fully saturated rings. The van der Waals surface area contributed by atoms with Crippen molar-refractivity contribution >= 4 is 0 Å². The molecule has 2 aromatic carbocycles. The SMILES string of the molecule is CC(C)Oc1ccccc1C1NCCc2ccccc21. The Hall–Kier alpha value is -1.80. The zero-order valence-electron chi connectivity index (χ0n) is 12.1. The third kappa shape index (κ3) is 2.56. The maximum absolute atomic E-state index is 5.97. The van der Waals surface area contributed by atoms with E-state index in [1.165, 1.54) is 16.7 Å². The number of hydrogen-bond donors (Lipinski definition) is 1. The maximum atomic E-state index is 5.97. The number of benzene rings is 2. The monoisotopic (exact) mass is 267 g/mol. The maximum Gasteiger partial charge on any atom is 0.124 e. The second-order valence-corrected chi connectivity index (χ2v) is 5.54. The molecular formula is C18H21NO. The molecule has 1 atom stereocenters. The minimum Gasteiger partial charge on any atom is -0.491 e. The van der Waals surface area contributed by atoms with Crippen LogP contribution in [0.1, 0.15) is 36.6 Å². The highest BCUT2D eigenvalue weighted by Gasteiger charge is 2.23. The summed E-state index contributed by atoms with van der Waals surface area (Å²) in [7, 11) is 0.